The molecule has 0 spiro atoms. The van der Waals surface area contributed by atoms with E-state index >= 15 is 0 Å². The minimum atomic E-state index is 0.349. The van der Waals surface area contributed by atoms with Gasteiger partial charge in [-0.15, -0.1) is 0 Å². The summed E-state index contributed by atoms with van der Waals surface area (Å²) in [6, 6.07) is 10.3. The van der Waals surface area contributed by atoms with E-state index in [0.29, 0.717) is 12.4 Å². The number of hydrogen-bond acceptors (Lipinski definition) is 4. The molecule has 25 heavy (non-hydrogen) atoms. The number of benzene rings is 1. The molecule has 1 aliphatic heterocycles. The van der Waals surface area contributed by atoms with Crippen LogP contribution in [0, 0.1) is 13.8 Å². The number of aromatic nitrogens is 1. The molecule has 132 valence electrons. The fourth-order valence-electron chi connectivity index (χ4n) is 3.23. The molecule has 0 amide bonds. The average molecular weight is 338 g/mol. The number of aryl methyl sites for hydroxylation is 2. The van der Waals surface area contributed by atoms with Crippen molar-refractivity contribution in [2.75, 3.05) is 18.0 Å². The quantitative estimate of drug-likeness (QED) is 0.515. The van der Waals surface area contributed by atoms with E-state index in [1.807, 2.05) is 12.1 Å². The van der Waals surface area contributed by atoms with Crippen LogP contribution in [0.4, 0.5) is 5.82 Å². The molecule has 1 aromatic carbocycles. The maximum atomic E-state index is 6.02. The molecule has 3 rings (SSSR count). The molecule has 0 radical (unpaired) electrons. The second-order valence-corrected chi connectivity index (χ2v) is 6.70. The smallest absolute Gasteiger partial charge is 0.171 e. The van der Waals surface area contributed by atoms with Crippen molar-refractivity contribution in [3.63, 3.8) is 0 Å². The van der Waals surface area contributed by atoms with Crippen molar-refractivity contribution in [3.8, 4) is 0 Å². The Labute approximate surface area is 149 Å². The zero-order chi connectivity index (χ0) is 17.6. The average Bonchev–Trinajstić information content (AvgIpc) is 2.62. The fourth-order valence-corrected chi connectivity index (χ4v) is 3.23. The first-order valence-corrected chi connectivity index (χ1v) is 8.86. The van der Waals surface area contributed by atoms with Gasteiger partial charge in [0.1, 0.15) is 12.4 Å². The van der Waals surface area contributed by atoms with Gasteiger partial charge in [0.15, 0.2) is 5.84 Å². The topological polar surface area (TPSA) is 63.7 Å². The zero-order valence-corrected chi connectivity index (χ0v) is 15.0. The van der Waals surface area contributed by atoms with E-state index in [-0.39, 0.29) is 0 Å². The first-order chi connectivity index (χ1) is 12.1. The summed E-state index contributed by atoms with van der Waals surface area (Å²) in [4.78, 5) is 12.3. The summed E-state index contributed by atoms with van der Waals surface area (Å²) in [5.74, 6) is 1.36. The lowest BCUT2D eigenvalue weighted by atomic mass is 10.1. The molecule has 2 aromatic rings. The maximum Gasteiger partial charge on any atom is 0.171 e. The molecule has 2 N–H and O–H groups in total. The highest BCUT2D eigenvalue weighted by atomic mass is 16.6. The molecule has 1 aromatic heterocycles. The molecule has 0 atom stereocenters. The Balaban J connectivity index is 1.59. The number of nitrogens with two attached hydrogens (primary N) is 1. The number of nitrogens with zero attached hydrogens (tertiary/aromatic N) is 3. The maximum absolute atomic E-state index is 6.02. The first kappa shape index (κ1) is 17.3. The summed E-state index contributed by atoms with van der Waals surface area (Å²) in [6.45, 7) is 6.71. The third-order valence-electron chi connectivity index (χ3n) is 4.40. The van der Waals surface area contributed by atoms with Crippen molar-refractivity contribution in [2.45, 2.75) is 39.7 Å². The van der Waals surface area contributed by atoms with Crippen molar-refractivity contribution < 1.29 is 4.84 Å². The fraction of sp³-hybridized carbons (Fsp3) is 0.400. The third-order valence-corrected chi connectivity index (χ3v) is 4.40. The van der Waals surface area contributed by atoms with Crippen LogP contribution in [0.3, 0.4) is 0 Å². The summed E-state index contributed by atoms with van der Waals surface area (Å²) < 4.78 is 0. The Kier molecular flexibility index (Phi) is 5.53. The minimum absolute atomic E-state index is 0.349. The molecule has 0 unspecified atom stereocenters. The van der Waals surface area contributed by atoms with Gasteiger partial charge >= 0.3 is 0 Å². The van der Waals surface area contributed by atoms with E-state index in [2.05, 4.69) is 47.1 Å². The SMILES string of the molecule is Cc1cc(C)cc(CON=C(N)c2ccc(N3CCCCC3)nc2)c1. The monoisotopic (exact) mass is 338 g/mol. The predicted octanol–water partition coefficient (Wildman–Crippen LogP) is 3.53. The number of anilines is 1. The van der Waals surface area contributed by atoms with E-state index in [1.54, 1.807) is 6.20 Å². The highest BCUT2D eigenvalue weighted by Crippen LogP contribution is 2.17. The van der Waals surface area contributed by atoms with Gasteiger partial charge in [0.2, 0.25) is 0 Å². The van der Waals surface area contributed by atoms with Crippen LogP contribution in [0.15, 0.2) is 41.7 Å². The van der Waals surface area contributed by atoms with E-state index in [4.69, 9.17) is 10.6 Å². The van der Waals surface area contributed by atoms with Crippen molar-refractivity contribution in [3.05, 3.63) is 58.8 Å². The van der Waals surface area contributed by atoms with Gasteiger partial charge in [-0.05, 0) is 50.8 Å². The normalized spacial score (nSPS) is 15.3. The molecule has 1 saturated heterocycles. The van der Waals surface area contributed by atoms with Crippen LogP contribution < -0.4 is 10.6 Å². The van der Waals surface area contributed by atoms with Gasteiger partial charge in [0, 0.05) is 24.8 Å². The Morgan fingerprint density at radius 2 is 1.84 bits per heavy atom. The molecule has 2 heterocycles. The van der Waals surface area contributed by atoms with Crippen LogP contribution in [-0.4, -0.2) is 23.9 Å². The minimum Gasteiger partial charge on any atom is -0.389 e. The van der Waals surface area contributed by atoms with Crippen LogP contribution in [0.1, 0.15) is 41.5 Å². The Morgan fingerprint density at radius 3 is 2.48 bits per heavy atom. The third kappa shape index (κ3) is 4.72. The largest absolute Gasteiger partial charge is 0.389 e. The summed E-state index contributed by atoms with van der Waals surface area (Å²) in [5.41, 5.74) is 10.3. The van der Waals surface area contributed by atoms with Gasteiger partial charge in [-0.3, -0.25) is 0 Å². The molecule has 5 nitrogen and oxygen atoms in total. The lowest BCUT2D eigenvalue weighted by Crippen LogP contribution is -2.30. The van der Waals surface area contributed by atoms with Crippen LogP contribution in [-0.2, 0) is 11.4 Å². The Hall–Kier alpha value is -2.56. The Morgan fingerprint density at radius 1 is 1.12 bits per heavy atom. The molecule has 1 aliphatic rings. The summed E-state index contributed by atoms with van der Waals surface area (Å²) >= 11 is 0. The number of oxime groups is 1. The van der Waals surface area contributed by atoms with Gasteiger partial charge < -0.3 is 15.5 Å². The molecule has 0 saturated carbocycles. The van der Waals surface area contributed by atoms with Crippen LogP contribution >= 0.6 is 0 Å². The van der Waals surface area contributed by atoms with Crippen molar-refractivity contribution in [2.24, 2.45) is 10.9 Å². The zero-order valence-electron chi connectivity index (χ0n) is 15.0. The van der Waals surface area contributed by atoms with E-state index < -0.39 is 0 Å². The number of hydrogen-bond donors (Lipinski definition) is 1. The Bertz CT molecular complexity index is 714. The van der Waals surface area contributed by atoms with Gasteiger partial charge in [0.05, 0.1) is 0 Å². The van der Waals surface area contributed by atoms with Crippen molar-refractivity contribution >= 4 is 11.7 Å². The molecular formula is C20H26N4O. The number of piperidine rings is 1. The van der Waals surface area contributed by atoms with Crippen LogP contribution in [0.2, 0.25) is 0 Å². The summed E-state index contributed by atoms with van der Waals surface area (Å²) in [5, 5.41) is 4.03. The van der Waals surface area contributed by atoms with E-state index in [9.17, 15) is 0 Å². The lowest BCUT2D eigenvalue weighted by Gasteiger charge is -2.27. The molecule has 5 heteroatoms. The highest BCUT2D eigenvalue weighted by molar-refractivity contribution is 5.96. The molecule has 0 bridgehead atoms. The van der Waals surface area contributed by atoms with Gasteiger partial charge in [-0.2, -0.15) is 0 Å². The lowest BCUT2D eigenvalue weighted by molar-refractivity contribution is 0.130. The van der Waals surface area contributed by atoms with Crippen molar-refractivity contribution in [1.82, 2.24) is 4.98 Å². The summed E-state index contributed by atoms with van der Waals surface area (Å²) in [6.07, 6.45) is 5.55. The predicted molar refractivity (Wildman–Crippen MR) is 102 cm³/mol. The number of amidine groups is 1. The van der Waals surface area contributed by atoms with Crippen LogP contribution in [0.25, 0.3) is 0 Å². The number of pyridine rings is 1. The highest BCUT2D eigenvalue weighted by Gasteiger charge is 2.12. The first-order valence-electron chi connectivity index (χ1n) is 8.86. The van der Waals surface area contributed by atoms with Gasteiger partial charge in [-0.25, -0.2) is 4.98 Å². The standard InChI is InChI=1S/C20H26N4O/c1-15-10-16(2)12-17(11-15)14-25-23-20(21)18-6-7-19(22-13-18)24-8-4-3-5-9-24/h6-7,10-13H,3-5,8-9,14H2,1-2H3,(H2,21,23). The second-order valence-electron chi connectivity index (χ2n) is 6.70. The van der Waals surface area contributed by atoms with E-state index in [1.165, 1.54) is 30.4 Å². The van der Waals surface area contributed by atoms with Crippen LogP contribution in [0.5, 0.6) is 0 Å². The van der Waals surface area contributed by atoms with Crippen molar-refractivity contribution in [1.29, 1.82) is 0 Å². The van der Waals surface area contributed by atoms with E-state index in [0.717, 1.165) is 30.0 Å². The molecule has 1 fully saturated rings. The molecule has 0 aliphatic carbocycles. The second kappa shape index (κ2) is 8.01. The van der Waals surface area contributed by atoms with Gasteiger partial charge in [0.25, 0.3) is 0 Å². The summed E-state index contributed by atoms with van der Waals surface area (Å²) in [7, 11) is 0. The number of rotatable bonds is 5. The van der Waals surface area contributed by atoms with Gasteiger partial charge in [-0.1, -0.05) is 34.5 Å². The molecular weight excluding hydrogens is 312 g/mol.